The highest BCUT2D eigenvalue weighted by molar-refractivity contribution is 6.30. The highest BCUT2D eigenvalue weighted by Gasteiger charge is 2.39. The topological polar surface area (TPSA) is 20.3 Å². The van der Waals surface area contributed by atoms with Gasteiger partial charge in [0.05, 0.1) is 19.6 Å². The Morgan fingerprint density at radius 3 is 2.16 bits per heavy atom. The molecule has 0 aliphatic carbocycles. The number of ketones is 1. The Hall–Kier alpha value is -0.420. The monoisotopic (exact) mass is 344 g/mol. The fraction of sp³-hybridized carbons (Fsp3) is 0.500. The second-order valence-electron chi connectivity index (χ2n) is 5.44. The first-order valence-corrected chi connectivity index (χ1v) is 6.91. The molecule has 3 nitrogen and oxygen atoms in total. The van der Waals surface area contributed by atoms with Crippen LogP contribution in [0.2, 0.25) is 5.02 Å². The number of hydrogen-bond donors (Lipinski definition) is 0. The molecule has 3 fully saturated rings. The van der Waals surface area contributed by atoms with Gasteiger partial charge in [-0.1, -0.05) is 11.6 Å². The van der Waals surface area contributed by atoms with E-state index in [0.717, 1.165) is 49.3 Å². The van der Waals surface area contributed by atoms with Gasteiger partial charge in [-0.2, -0.15) is 0 Å². The van der Waals surface area contributed by atoms with E-state index in [1.165, 1.54) is 0 Å². The predicted molar refractivity (Wildman–Crippen MR) is 72.0 cm³/mol. The summed E-state index contributed by atoms with van der Waals surface area (Å²) in [6.07, 6.45) is 0. The van der Waals surface area contributed by atoms with Crippen molar-refractivity contribution in [3.8, 4) is 0 Å². The van der Waals surface area contributed by atoms with Crippen LogP contribution in [0.3, 0.4) is 0 Å². The standard InChI is InChI=1S/C14H18ClN2O.BrH/c15-13-3-1-12(2-4-13)14(18)11-17-8-5-16(6-9-17)7-10-17;/h1-4H,5-11H2;1H/q+1;/p-1. The van der Waals surface area contributed by atoms with Crippen molar-refractivity contribution < 1.29 is 26.3 Å². The van der Waals surface area contributed by atoms with Gasteiger partial charge in [-0.25, -0.2) is 0 Å². The minimum Gasteiger partial charge on any atom is -1.00 e. The maximum Gasteiger partial charge on any atom is 0.216 e. The Labute approximate surface area is 129 Å². The third kappa shape index (κ3) is 3.19. The maximum absolute atomic E-state index is 12.3. The van der Waals surface area contributed by atoms with Crippen LogP contribution in [0.25, 0.3) is 0 Å². The summed E-state index contributed by atoms with van der Waals surface area (Å²) in [5.74, 6) is 0.252. The summed E-state index contributed by atoms with van der Waals surface area (Å²) < 4.78 is 0.984. The van der Waals surface area contributed by atoms with Crippen LogP contribution in [0.4, 0.5) is 0 Å². The zero-order valence-corrected chi connectivity index (χ0v) is 13.2. The lowest BCUT2D eigenvalue weighted by atomic mass is 10.1. The molecular formula is C14H18BrClN2O. The number of nitrogens with zero attached hydrogens (tertiary/aromatic N) is 2. The van der Waals surface area contributed by atoms with Gasteiger partial charge in [0, 0.05) is 30.2 Å². The van der Waals surface area contributed by atoms with E-state index >= 15 is 0 Å². The molecule has 0 amide bonds. The van der Waals surface area contributed by atoms with Crippen LogP contribution < -0.4 is 17.0 Å². The zero-order chi connectivity index (χ0) is 12.6. The Morgan fingerprint density at radius 2 is 1.63 bits per heavy atom. The van der Waals surface area contributed by atoms with Crippen molar-refractivity contribution in [2.75, 3.05) is 45.8 Å². The first kappa shape index (κ1) is 15.0. The molecule has 0 saturated carbocycles. The molecule has 0 aromatic heterocycles. The van der Waals surface area contributed by atoms with E-state index in [4.69, 9.17) is 11.6 Å². The summed E-state index contributed by atoms with van der Waals surface area (Å²) in [6.45, 7) is 7.46. The van der Waals surface area contributed by atoms with E-state index in [-0.39, 0.29) is 22.8 Å². The van der Waals surface area contributed by atoms with Gasteiger partial charge in [0.2, 0.25) is 5.78 Å². The summed E-state index contributed by atoms with van der Waals surface area (Å²) in [6, 6.07) is 7.26. The molecule has 3 aliphatic heterocycles. The van der Waals surface area contributed by atoms with Crippen molar-refractivity contribution in [1.29, 1.82) is 0 Å². The normalized spacial score (nSPS) is 28.8. The number of fused-ring (bicyclic) bond motifs is 3. The van der Waals surface area contributed by atoms with Gasteiger partial charge in [-0.3, -0.25) is 9.69 Å². The molecule has 19 heavy (non-hydrogen) atoms. The first-order chi connectivity index (χ1) is 8.67. The number of rotatable bonds is 3. The summed E-state index contributed by atoms with van der Waals surface area (Å²) in [5.41, 5.74) is 0.792. The van der Waals surface area contributed by atoms with Gasteiger partial charge in [0.15, 0.2) is 0 Å². The second kappa shape index (κ2) is 5.92. The van der Waals surface area contributed by atoms with Crippen LogP contribution >= 0.6 is 11.6 Å². The largest absolute Gasteiger partial charge is 1.00 e. The van der Waals surface area contributed by atoms with Gasteiger partial charge in [0.25, 0.3) is 0 Å². The third-order valence-electron chi connectivity index (χ3n) is 4.32. The van der Waals surface area contributed by atoms with Crippen molar-refractivity contribution in [2.45, 2.75) is 0 Å². The van der Waals surface area contributed by atoms with Crippen molar-refractivity contribution in [1.82, 2.24) is 4.90 Å². The minimum atomic E-state index is 0. The molecule has 1 aromatic carbocycles. The molecule has 0 spiro atoms. The van der Waals surface area contributed by atoms with Crippen LogP contribution in [-0.4, -0.2) is 61.0 Å². The highest BCUT2D eigenvalue weighted by Crippen LogP contribution is 2.20. The Balaban J connectivity index is 0.00000133. The third-order valence-corrected chi connectivity index (χ3v) is 4.57. The SMILES string of the molecule is O=C(C[N+]12CCN(CC1)CC2)c1ccc(Cl)cc1.[Br-]. The molecule has 0 radical (unpaired) electrons. The fourth-order valence-electron chi connectivity index (χ4n) is 3.00. The number of benzene rings is 1. The Kier molecular flexibility index (Phi) is 4.66. The first-order valence-electron chi connectivity index (χ1n) is 6.53. The highest BCUT2D eigenvalue weighted by atomic mass is 79.9. The maximum atomic E-state index is 12.3. The number of quaternary nitrogens is 1. The molecule has 0 N–H and O–H groups in total. The van der Waals surface area contributed by atoms with E-state index in [1.54, 1.807) is 12.1 Å². The smallest absolute Gasteiger partial charge is 0.216 e. The van der Waals surface area contributed by atoms with Crippen molar-refractivity contribution in [2.24, 2.45) is 0 Å². The van der Waals surface area contributed by atoms with Gasteiger partial charge in [0.1, 0.15) is 6.54 Å². The van der Waals surface area contributed by atoms with Crippen LogP contribution in [0.5, 0.6) is 0 Å². The molecule has 4 rings (SSSR count). The number of carbonyl (C=O) groups excluding carboxylic acids is 1. The van der Waals surface area contributed by atoms with Crippen LogP contribution in [0.15, 0.2) is 24.3 Å². The number of Topliss-reactive ketones (excluding diaryl/α,β-unsaturated/α-hetero) is 1. The molecule has 104 valence electrons. The van der Waals surface area contributed by atoms with Crippen LogP contribution in [-0.2, 0) is 0 Å². The average Bonchev–Trinajstić information content (AvgIpc) is 2.41. The Morgan fingerprint density at radius 1 is 1.11 bits per heavy atom. The summed E-state index contributed by atoms with van der Waals surface area (Å²) in [7, 11) is 0. The predicted octanol–water partition coefficient (Wildman–Crippen LogP) is -1.33. The number of halogens is 2. The minimum absolute atomic E-state index is 0. The van der Waals surface area contributed by atoms with Gasteiger partial charge < -0.3 is 21.5 Å². The Bertz CT molecular complexity index is 441. The molecule has 3 aliphatic rings. The van der Waals surface area contributed by atoms with E-state index in [0.29, 0.717) is 11.6 Å². The van der Waals surface area contributed by atoms with E-state index < -0.39 is 0 Å². The lowest BCUT2D eigenvalue weighted by Crippen LogP contribution is -3.00. The van der Waals surface area contributed by atoms with Crippen LogP contribution in [0.1, 0.15) is 10.4 Å². The molecular weight excluding hydrogens is 328 g/mol. The molecule has 0 unspecified atom stereocenters. The molecule has 5 heteroatoms. The lowest BCUT2D eigenvalue weighted by Gasteiger charge is -2.50. The van der Waals surface area contributed by atoms with E-state index in [9.17, 15) is 4.79 Å². The number of hydrogen-bond acceptors (Lipinski definition) is 2. The fourth-order valence-corrected chi connectivity index (χ4v) is 3.13. The lowest BCUT2D eigenvalue weighted by molar-refractivity contribution is -0.933. The second-order valence-corrected chi connectivity index (χ2v) is 5.88. The van der Waals surface area contributed by atoms with Gasteiger partial charge in [-0.15, -0.1) is 0 Å². The quantitative estimate of drug-likeness (QED) is 0.500. The molecule has 2 bridgehead atoms. The summed E-state index contributed by atoms with van der Waals surface area (Å²) in [4.78, 5) is 14.8. The number of piperazine rings is 3. The molecule has 1 aromatic rings. The van der Waals surface area contributed by atoms with Crippen molar-refractivity contribution in [3.63, 3.8) is 0 Å². The number of carbonyl (C=O) groups is 1. The molecule has 0 atom stereocenters. The van der Waals surface area contributed by atoms with Gasteiger partial charge in [-0.05, 0) is 24.3 Å². The van der Waals surface area contributed by atoms with E-state index in [2.05, 4.69) is 4.90 Å². The van der Waals surface area contributed by atoms with Crippen molar-refractivity contribution in [3.05, 3.63) is 34.9 Å². The summed E-state index contributed by atoms with van der Waals surface area (Å²) >= 11 is 5.85. The van der Waals surface area contributed by atoms with E-state index in [1.807, 2.05) is 12.1 Å². The van der Waals surface area contributed by atoms with Crippen molar-refractivity contribution >= 4 is 17.4 Å². The zero-order valence-electron chi connectivity index (χ0n) is 10.8. The van der Waals surface area contributed by atoms with Gasteiger partial charge >= 0.3 is 0 Å². The average molecular weight is 346 g/mol. The summed E-state index contributed by atoms with van der Waals surface area (Å²) in [5, 5.41) is 0.685. The molecule has 3 saturated heterocycles. The van der Waals surface area contributed by atoms with Crippen LogP contribution in [0, 0.1) is 0 Å². The molecule has 3 heterocycles.